The van der Waals surface area contributed by atoms with E-state index in [9.17, 15) is 14.4 Å². The summed E-state index contributed by atoms with van der Waals surface area (Å²) in [4.78, 5) is 40.7. The summed E-state index contributed by atoms with van der Waals surface area (Å²) in [5.74, 6) is 0.980. The third kappa shape index (κ3) is 9.22. The summed E-state index contributed by atoms with van der Waals surface area (Å²) in [6.45, 7) is 13.6. The molecule has 0 N–H and O–H groups in total. The number of Topliss-reactive ketones (excluding diaryl/α,β-unsaturated/α-hetero) is 3. The molecule has 42 heavy (non-hydrogen) atoms. The van der Waals surface area contributed by atoms with E-state index in [1.165, 1.54) is 11.1 Å². The molecule has 4 atom stereocenters. The number of carbonyl (C=O) groups is 3. The Balaban J connectivity index is 1.40. The van der Waals surface area contributed by atoms with Gasteiger partial charge < -0.3 is 0 Å². The van der Waals surface area contributed by atoms with Crippen molar-refractivity contribution >= 4 is 17.3 Å². The predicted molar refractivity (Wildman–Crippen MR) is 172 cm³/mol. The first-order chi connectivity index (χ1) is 19.6. The fourth-order valence-corrected chi connectivity index (χ4v) is 9.26. The lowest BCUT2D eigenvalue weighted by Crippen LogP contribution is -2.45. The molecular weight excluding hydrogens is 516 g/mol. The summed E-state index contributed by atoms with van der Waals surface area (Å²) >= 11 is 0. The van der Waals surface area contributed by atoms with Crippen LogP contribution < -0.4 is 0 Å². The first-order valence-corrected chi connectivity index (χ1v) is 16.3. The van der Waals surface area contributed by atoms with Gasteiger partial charge in [-0.05, 0) is 84.2 Å². The van der Waals surface area contributed by atoms with E-state index < -0.39 is 0 Å². The summed E-state index contributed by atoms with van der Waals surface area (Å²) < 4.78 is 0. The number of aryl methyl sites for hydroxylation is 2. The average molecular weight is 571 g/mol. The molecule has 2 aliphatic carbocycles. The maximum atomic E-state index is 14.3. The Hall–Kier alpha value is -2.55. The average Bonchev–Trinajstić information content (AvgIpc) is 2.89. The standard InChI is InChI=1S/C39H54O3/c1-36(2)21-31(23-38(5,27-36)25-33(40)19-17-29-13-9-7-10-14-29)35(42)32-22-37(3,4)28-39(6,24-32)26-34(41)20-18-30-15-11-8-12-16-30/h7-16,31-32H,17-28H2,1-6H3. The number of rotatable bonds is 12. The number of hydrogen-bond donors (Lipinski definition) is 0. The van der Waals surface area contributed by atoms with Crippen LogP contribution in [0.4, 0.5) is 0 Å². The molecule has 3 heteroatoms. The Labute approximate surface area is 255 Å². The van der Waals surface area contributed by atoms with E-state index >= 15 is 0 Å². The molecule has 4 rings (SSSR count). The molecule has 228 valence electrons. The molecule has 3 nitrogen and oxygen atoms in total. The molecule has 0 aromatic heterocycles. The smallest absolute Gasteiger partial charge is 0.139 e. The van der Waals surface area contributed by atoms with Crippen molar-refractivity contribution in [2.75, 3.05) is 0 Å². The van der Waals surface area contributed by atoms with Crippen molar-refractivity contribution in [3.05, 3.63) is 71.8 Å². The summed E-state index contributed by atoms with van der Waals surface area (Å²) in [7, 11) is 0. The Kier molecular flexibility index (Phi) is 10.0. The molecule has 0 heterocycles. The minimum absolute atomic E-state index is 0.0161. The lowest BCUT2D eigenvalue weighted by atomic mass is 9.54. The monoisotopic (exact) mass is 570 g/mol. The molecule has 2 aromatic carbocycles. The van der Waals surface area contributed by atoms with Crippen molar-refractivity contribution < 1.29 is 14.4 Å². The van der Waals surface area contributed by atoms with Crippen LogP contribution in [0, 0.1) is 33.5 Å². The minimum atomic E-state index is -0.156. The van der Waals surface area contributed by atoms with Crippen LogP contribution in [0.5, 0.6) is 0 Å². The first-order valence-electron chi connectivity index (χ1n) is 16.3. The molecule has 2 saturated carbocycles. The van der Waals surface area contributed by atoms with Crippen molar-refractivity contribution in [3.8, 4) is 0 Å². The molecule has 0 amide bonds. The highest BCUT2D eigenvalue weighted by molar-refractivity contribution is 5.85. The predicted octanol–water partition coefficient (Wildman–Crippen LogP) is 9.40. The van der Waals surface area contributed by atoms with E-state index in [2.05, 4.69) is 65.8 Å². The van der Waals surface area contributed by atoms with Crippen LogP contribution >= 0.6 is 0 Å². The largest absolute Gasteiger partial charge is 0.300 e. The van der Waals surface area contributed by atoms with Crippen LogP contribution in [0.2, 0.25) is 0 Å². The third-order valence-corrected chi connectivity index (χ3v) is 10.0. The Morgan fingerprint density at radius 2 is 0.929 bits per heavy atom. The zero-order valence-electron chi connectivity index (χ0n) is 27.1. The van der Waals surface area contributed by atoms with E-state index in [1.54, 1.807) is 0 Å². The summed E-state index contributed by atoms with van der Waals surface area (Å²) in [5, 5.41) is 0. The van der Waals surface area contributed by atoms with Crippen LogP contribution in [0.3, 0.4) is 0 Å². The molecule has 0 bridgehead atoms. The van der Waals surface area contributed by atoms with Gasteiger partial charge in [0.25, 0.3) is 0 Å². The number of ketones is 3. The van der Waals surface area contributed by atoms with E-state index in [0.717, 1.165) is 51.4 Å². The van der Waals surface area contributed by atoms with Gasteiger partial charge in [0.2, 0.25) is 0 Å². The summed E-state index contributed by atoms with van der Waals surface area (Å²) in [6, 6.07) is 20.5. The van der Waals surface area contributed by atoms with Gasteiger partial charge in [-0.2, -0.15) is 0 Å². The SMILES string of the molecule is CC1(C)CC(C(=O)C2CC(C)(C)CC(C)(CC(=O)CCc3ccccc3)C2)CC(C)(CC(=O)CCc2ccccc2)C1. The fraction of sp³-hybridized carbons (Fsp3) is 0.615. The number of carbonyl (C=O) groups excluding carboxylic acids is 3. The second-order valence-corrected chi connectivity index (χ2v) is 16.3. The van der Waals surface area contributed by atoms with Crippen LogP contribution in [-0.2, 0) is 27.2 Å². The Morgan fingerprint density at radius 3 is 1.29 bits per heavy atom. The second-order valence-electron chi connectivity index (χ2n) is 16.3. The van der Waals surface area contributed by atoms with Crippen molar-refractivity contribution in [2.24, 2.45) is 33.5 Å². The van der Waals surface area contributed by atoms with Gasteiger partial charge in [-0.1, -0.05) is 102 Å². The van der Waals surface area contributed by atoms with Crippen LogP contribution in [0.1, 0.15) is 117 Å². The van der Waals surface area contributed by atoms with Gasteiger partial charge in [0, 0.05) is 37.5 Å². The van der Waals surface area contributed by atoms with Gasteiger partial charge >= 0.3 is 0 Å². The van der Waals surface area contributed by atoms with Crippen molar-refractivity contribution in [1.29, 1.82) is 0 Å². The zero-order valence-corrected chi connectivity index (χ0v) is 27.1. The van der Waals surface area contributed by atoms with Gasteiger partial charge in [0.1, 0.15) is 17.3 Å². The van der Waals surface area contributed by atoms with E-state index in [0.29, 0.717) is 43.0 Å². The molecule has 2 fully saturated rings. The normalized spacial score (nSPS) is 28.6. The number of benzene rings is 2. The molecule has 0 aliphatic heterocycles. The van der Waals surface area contributed by atoms with Gasteiger partial charge in [-0.25, -0.2) is 0 Å². The molecule has 0 radical (unpaired) electrons. The van der Waals surface area contributed by atoms with E-state index in [-0.39, 0.29) is 33.5 Å². The highest BCUT2D eigenvalue weighted by atomic mass is 16.1. The van der Waals surface area contributed by atoms with Crippen LogP contribution in [0.25, 0.3) is 0 Å². The summed E-state index contributed by atoms with van der Waals surface area (Å²) in [6.07, 6.45) is 9.13. The van der Waals surface area contributed by atoms with Crippen LogP contribution in [-0.4, -0.2) is 17.3 Å². The van der Waals surface area contributed by atoms with Gasteiger partial charge in [-0.3, -0.25) is 14.4 Å². The fourth-order valence-electron chi connectivity index (χ4n) is 9.26. The van der Waals surface area contributed by atoms with Gasteiger partial charge in [0.05, 0.1) is 0 Å². The Bertz CT molecular complexity index is 1130. The molecule has 4 unspecified atom stereocenters. The van der Waals surface area contributed by atoms with E-state index in [4.69, 9.17) is 0 Å². The van der Waals surface area contributed by atoms with E-state index in [1.807, 2.05) is 36.4 Å². The Morgan fingerprint density at radius 1 is 0.571 bits per heavy atom. The molecule has 0 spiro atoms. The maximum Gasteiger partial charge on any atom is 0.139 e. The molecular formula is C39H54O3. The zero-order chi connectivity index (χ0) is 30.6. The van der Waals surface area contributed by atoms with Gasteiger partial charge in [0.15, 0.2) is 0 Å². The quantitative estimate of drug-likeness (QED) is 0.255. The highest BCUT2D eigenvalue weighted by Crippen LogP contribution is 2.55. The van der Waals surface area contributed by atoms with Crippen LogP contribution in [0.15, 0.2) is 60.7 Å². The molecule has 2 aromatic rings. The summed E-state index contributed by atoms with van der Waals surface area (Å²) in [5.41, 5.74) is 2.14. The van der Waals surface area contributed by atoms with Crippen molar-refractivity contribution in [3.63, 3.8) is 0 Å². The van der Waals surface area contributed by atoms with Crippen molar-refractivity contribution in [1.82, 2.24) is 0 Å². The molecule has 0 saturated heterocycles. The van der Waals surface area contributed by atoms with Crippen molar-refractivity contribution in [2.45, 2.75) is 119 Å². The second kappa shape index (κ2) is 13.0. The lowest BCUT2D eigenvalue weighted by molar-refractivity contribution is -0.139. The lowest BCUT2D eigenvalue weighted by Gasteiger charge is -2.50. The topological polar surface area (TPSA) is 51.2 Å². The third-order valence-electron chi connectivity index (χ3n) is 10.0. The highest BCUT2D eigenvalue weighted by Gasteiger charge is 2.49. The molecule has 2 aliphatic rings. The first kappa shape index (κ1) is 32.4. The minimum Gasteiger partial charge on any atom is -0.300 e. The van der Waals surface area contributed by atoms with Gasteiger partial charge in [-0.15, -0.1) is 0 Å². The number of hydrogen-bond acceptors (Lipinski definition) is 3. The maximum absolute atomic E-state index is 14.3.